The smallest absolute Gasteiger partial charge is 0.225 e. The molecule has 3 rings (SSSR count). The van der Waals surface area contributed by atoms with E-state index in [1.54, 1.807) is 0 Å². The number of aromatic nitrogens is 1. The van der Waals surface area contributed by atoms with E-state index in [-0.39, 0.29) is 11.8 Å². The van der Waals surface area contributed by atoms with Crippen LogP contribution in [0.2, 0.25) is 0 Å². The summed E-state index contributed by atoms with van der Waals surface area (Å²) in [6, 6.07) is 6.29. The van der Waals surface area contributed by atoms with Crippen molar-refractivity contribution < 1.29 is 9.53 Å². The van der Waals surface area contributed by atoms with Gasteiger partial charge >= 0.3 is 0 Å². The molecule has 1 aliphatic heterocycles. The fourth-order valence-electron chi connectivity index (χ4n) is 2.69. The molecule has 0 radical (unpaired) electrons. The summed E-state index contributed by atoms with van der Waals surface area (Å²) in [6.45, 7) is 6.03. The lowest BCUT2D eigenvalue weighted by Crippen LogP contribution is -2.30. The highest BCUT2D eigenvalue weighted by Crippen LogP contribution is 2.22. The van der Waals surface area contributed by atoms with Crippen LogP contribution in [0, 0.1) is 19.8 Å². The SMILES string of the molecule is Cc1[nH]c2ccc(CNC(=O)[C@@H]3CCOC3)cc2c1C. The van der Waals surface area contributed by atoms with Crippen LogP contribution in [0.4, 0.5) is 0 Å². The number of ether oxygens (including phenoxy) is 1. The van der Waals surface area contributed by atoms with Crippen LogP contribution in [0.3, 0.4) is 0 Å². The van der Waals surface area contributed by atoms with Crippen molar-refractivity contribution in [3.8, 4) is 0 Å². The molecule has 0 saturated carbocycles. The van der Waals surface area contributed by atoms with Crippen molar-refractivity contribution >= 4 is 16.8 Å². The quantitative estimate of drug-likeness (QED) is 0.901. The Balaban J connectivity index is 1.71. The number of aryl methyl sites for hydroxylation is 2. The van der Waals surface area contributed by atoms with Gasteiger partial charge in [-0.15, -0.1) is 0 Å². The van der Waals surface area contributed by atoms with Gasteiger partial charge in [-0.1, -0.05) is 6.07 Å². The molecule has 1 amide bonds. The second-order valence-electron chi connectivity index (χ2n) is 5.53. The van der Waals surface area contributed by atoms with Gasteiger partial charge < -0.3 is 15.0 Å². The lowest BCUT2D eigenvalue weighted by molar-refractivity contribution is -0.125. The van der Waals surface area contributed by atoms with Crippen molar-refractivity contribution in [2.24, 2.45) is 5.92 Å². The summed E-state index contributed by atoms with van der Waals surface area (Å²) in [4.78, 5) is 15.3. The first-order valence-corrected chi connectivity index (χ1v) is 7.08. The fraction of sp³-hybridized carbons (Fsp3) is 0.438. The van der Waals surface area contributed by atoms with Crippen LogP contribution in [-0.4, -0.2) is 24.1 Å². The first-order valence-electron chi connectivity index (χ1n) is 7.08. The monoisotopic (exact) mass is 272 g/mol. The predicted molar refractivity (Wildman–Crippen MR) is 78.5 cm³/mol. The average Bonchev–Trinajstić information content (AvgIpc) is 3.07. The van der Waals surface area contributed by atoms with Crippen LogP contribution >= 0.6 is 0 Å². The Kier molecular flexibility index (Phi) is 3.49. The van der Waals surface area contributed by atoms with Crippen molar-refractivity contribution in [2.45, 2.75) is 26.8 Å². The molecule has 1 atom stereocenters. The van der Waals surface area contributed by atoms with E-state index < -0.39 is 0 Å². The Labute approximate surface area is 118 Å². The highest BCUT2D eigenvalue weighted by Gasteiger charge is 2.22. The van der Waals surface area contributed by atoms with E-state index in [2.05, 4.69) is 42.3 Å². The van der Waals surface area contributed by atoms with Crippen LogP contribution in [0.5, 0.6) is 0 Å². The molecule has 0 bridgehead atoms. The number of carbonyl (C=O) groups is 1. The Morgan fingerprint density at radius 3 is 3.05 bits per heavy atom. The topological polar surface area (TPSA) is 54.1 Å². The Bertz CT molecular complexity index is 639. The van der Waals surface area contributed by atoms with Gasteiger partial charge in [-0.2, -0.15) is 0 Å². The predicted octanol–water partition coefficient (Wildman–Crippen LogP) is 2.44. The van der Waals surface area contributed by atoms with Gasteiger partial charge in [0, 0.05) is 29.7 Å². The van der Waals surface area contributed by atoms with Crippen LogP contribution in [0.15, 0.2) is 18.2 Å². The Morgan fingerprint density at radius 1 is 1.45 bits per heavy atom. The summed E-state index contributed by atoms with van der Waals surface area (Å²) in [6.07, 6.45) is 0.834. The van der Waals surface area contributed by atoms with Gasteiger partial charge in [0.25, 0.3) is 0 Å². The number of hydrogen-bond acceptors (Lipinski definition) is 2. The van der Waals surface area contributed by atoms with E-state index >= 15 is 0 Å². The van der Waals surface area contributed by atoms with Crippen LogP contribution < -0.4 is 5.32 Å². The van der Waals surface area contributed by atoms with Gasteiger partial charge in [-0.25, -0.2) is 0 Å². The number of amides is 1. The number of benzene rings is 1. The fourth-order valence-corrected chi connectivity index (χ4v) is 2.69. The second-order valence-corrected chi connectivity index (χ2v) is 5.53. The standard InChI is InChI=1S/C16H20N2O2/c1-10-11(2)18-15-4-3-12(7-14(10)15)8-17-16(19)13-5-6-20-9-13/h3-4,7,13,18H,5-6,8-9H2,1-2H3,(H,17,19)/t13-/m1/s1. The minimum atomic E-state index is 0.0231. The largest absolute Gasteiger partial charge is 0.381 e. The number of H-pyrrole nitrogens is 1. The molecule has 2 aromatic rings. The molecule has 2 heterocycles. The first-order chi connectivity index (χ1) is 9.65. The molecule has 0 aliphatic carbocycles. The Hall–Kier alpha value is -1.81. The van der Waals surface area contributed by atoms with E-state index in [9.17, 15) is 4.79 Å². The molecular formula is C16H20N2O2. The zero-order valence-electron chi connectivity index (χ0n) is 12.0. The molecule has 2 N–H and O–H groups in total. The molecule has 1 fully saturated rings. The average molecular weight is 272 g/mol. The lowest BCUT2D eigenvalue weighted by atomic mass is 10.1. The third kappa shape index (κ3) is 2.43. The molecule has 106 valence electrons. The summed E-state index contributed by atoms with van der Waals surface area (Å²) >= 11 is 0. The maximum Gasteiger partial charge on any atom is 0.225 e. The van der Waals surface area contributed by atoms with Crippen molar-refractivity contribution in [1.29, 1.82) is 0 Å². The summed E-state index contributed by atoms with van der Waals surface area (Å²) in [5.74, 6) is 0.125. The molecule has 20 heavy (non-hydrogen) atoms. The highest BCUT2D eigenvalue weighted by atomic mass is 16.5. The van der Waals surface area contributed by atoms with Gasteiger partial charge in [0.15, 0.2) is 0 Å². The van der Waals surface area contributed by atoms with Crippen molar-refractivity contribution in [2.75, 3.05) is 13.2 Å². The van der Waals surface area contributed by atoms with Gasteiger partial charge in [0.2, 0.25) is 5.91 Å². The lowest BCUT2D eigenvalue weighted by Gasteiger charge is -2.09. The van der Waals surface area contributed by atoms with Crippen LogP contribution in [0.25, 0.3) is 10.9 Å². The van der Waals surface area contributed by atoms with Gasteiger partial charge in [0.05, 0.1) is 12.5 Å². The number of rotatable bonds is 3. The van der Waals surface area contributed by atoms with Crippen LogP contribution in [0.1, 0.15) is 23.2 Å². The van der Waals surface area contributed by atoms with E-state index in [0.717, 1.165) is 17.5 Å². The molecule has 1 saturated heterocycles. The summed E-state index contributed by atoms with van der Waals surface area (Å²) in [5.41, 5.74) is 4.76. The van der Waals surface area contributed by atoms with Gasteiger partial charge in [-0.3, -0.25) is 4.79 Å². The van der Waals surface area contributed by atoms with E-state index in [0.29, 0.717) is 19.8 Å². The highest BCUT2D eigenvalue weighted by molar-refractivity contribution is 5.85. The van der Waals surface area contributed by atoms with Gasteiger partial charge in [0.1, 0.15) is 0 Å². The third-order valence-electron chi connectivity index (χ3n) is 4.14. The molecule has 4 heteroatoms. The van der Waals surface area contributed by atoms with Crippen LogP contribution in [-0.2, 0) is 16.1 Å². The zero-order valence-corrected chi connectivity index (χ0v) is 12.0. The molecule has 0 spiro atoms. The van der Waals surface area contributed by atoms with E-state index in [1.165, 1.54) is 16.6 Å². The third-order valence-corrected chi connectivity index (χ3v) is 4.14. The number of hydrogen-bond donors (Lipinski definition) is 2. The van der Waals surface area contributed by atoms with E-state index in [4.69, 9.17) is 4.74 Å². The van der Waals surface area contributed by atoms with E-state index in [1.807, 2.05) is 0 Å². The molecule has 0 unspecified atom stereocenters. The molecular weight excluding hydrogens is 252 g/mol. The minimum absolute atomic E-state index is 0.0231. The number of aromatic amines is 1. The van der Waals surface area contributed by atoms with Crippen molar-refractivity contribution in [3.63, 3.8) is 0 Å². The molecule has 1 aromatic heterocycles. The number of carbonyl (C=O) groups excluding carboxylic acids is 1. The summed E-state index contributed by atoms with van der Waals surface area (Å²) < 4.78 is 5.24. The van der Waals surface area contributed by atoms with Gasteiger partial charge in [-0.05, 0) is 43.5 Å². The van der Waals surface area contributed by atoms with Crippen molar-refractivity contribution in [1.82, 2.24) is 10.3 Å². The second kappa shape index (κ2) is 5.29. The maximum absolute atomic E-state index is 12.0. The number of nitrogens with one attached hydrogen (secondary N) is 2. The van der Waals surface area contributed by atoms with Crippen molar-refractivity contribution in [3.05, 3.63) is 35.0 Å². The zero-order chi connectivity index (χ0) is 14.1. The summed E-state index contributed by atoms with van der Waals surface area (Å²) in [5, 5.41) is 4.24. The molecule has 1 aromatic carbocycles. The molecule has 4 nitrogen and oxygen atoms in total. The maximum atomic E-state index is 12.0. The molecule has 1 aliphatic rings. The Morgan fingerprint density at radius 2 is 2.30 bits per heavy atom. The number of fused-ring (bicyclic) bond motifs is 1. The summed E-state index contributed by atoms with van der Waals surface area (Å²) in [7, 11) is 0. The normalized spacial score (nSPS) is 18.6. The first kappa shape index (κ1) is 13.2. The minimum Gasteiger partial charge on any atom is -0.381 e.